The van der Waals surface area contributed by atoms with Crippen molar-refractivity contribution in [1.82, 2.24) is 14.8 Å². The van der Waals surface area contributed by atoms with Crippen LogP contribution in [0.3, 0.4) is 0 Å². The molecule has 0 saturated heterocycles. The molecule has 2 aromatic carbocycles. The third-order valence-corrected chi connectivity index (χ3v) is 6.05. The Morgan fingerprint density at radius 1 is 1.00 bits per heavy atom. The Balaban J connectivity index is 1.58. The van der Waals surface area contributed by atoms with Gasteiger partial charge in [0.2, 0.25) is 0 Å². The molecule has 0 radical (unpaired) electrons. The smallest absolute Gasteiger partial charge is 0.192 e. The van der Waals surface area contributed by atoms with Gasteiger partial charge in [-0.1, -0.05) is 48.2 Å². The van der Waals surface area contributed by atoms with Gasteiger partial charge in [-0.15, -0.1) is 21.5 Å². The van der Waals surface area contributed by atoms with Gasteiger partial charge < -0.3 is 0 Å². The van der Waals surface area contributed by atoms with Crippen LogP contribution in [-0.4, -0.2) is 26.3 Å². The van der Waals surface area contributed by atoms with Crippen molar-refractivity contribution in [2.24, 2.45) is 0 Å². The summed E-state index contributed by atoms with van der Waals surface area (Å²) in [5, 5.41) is 11.1. The maximum atomic E-state index is 13.4. The lowest BCUT2D eigenvalue weighted by Crippen LogP contribution is -2.07. The molecular formula is C21H15F2N3OS2. The van der Waals surface area contributed by atoms with Crippen LogP contribution in [0.4, 0.5) is 8.78 Å². The van der Waals surface area contributed by atoms with Gasteiger partial charge in [-0.25, -0.2) is 8.78 Å². The first kappa shape index (κ1) is 19.5. The predicted octanol–water partition coefficient (Wildman–Crippen LogP) is 5.31. The number of Topliss-reactive ketones (excluding diaryl/α,β-unsaturated/α-hetero) is 1. The van der Waals surface area contributed by atoms with Gasteiger partial charge in [-0.3, -0.25) is 9.36 Å². The number of hydrogen-bond donors (Lipinski definition) is 0. The van der Waals surface area contributed by atoms with Crippen LogP contribution in [0.1, 0.15) is 15.9 Å². The molecule has 0 aliphatic rings. The van der Waals surface area contributed by atoms with Crippen LogP contribution in [0.15, 0.2) is 71.2 Å². The van der Waals surface area contributed by atoms with Crippen LogP contribution in [0.25, 0.3) is 10.7 Å². The van der Waals surface area contributed by atoms with Gasteiger partial charge in [0.25, 0.3) is 0 Å². The number of thioether (sulfide) groups is 1. The zero-order valence-electron chi connectivity index (χ0n) is 15.1. The zero-order chi connectivity index (χ0) is 20.2. The highest BCUT2D eigenvalue weighted by molar-refractivity contribution is 7.99. The largest absolute Gasteiger partial charge is 0.297 e. The number of halogens is 2. The molecule has 0 unspecified atom stereocenters. The summed E-state index contributed by atoms with van der Waals surface area (Å²) in [6.45, 7) is 0.558. The fourth-order valence-electron chi connectivity index (χ4n) is 2.78. The third kappa shape index (κ3) is 4.44. The van der Waals surface area contributed by atoms with E-state index < -0.39 is 11.6 Å². The average Bonchev–Trinajstić information content (AvgIpc) is 3.39. The van der Waals surface area contributed by atoms with Gasteiger partial charge in [-0.05, 0) is 35.2 Å². The van der Waals surface area contributed by atoms with E-state index in [0.717, 1.165) is 28.4 Å². The number of thiophene rings is 1. The molecule has 2 aromatic heterocycles. The van der Waals surface area contributed by atoms with Gasteiger partial charge >= 0.3 is 0 Å². The normalized spacial score (nSPS) is 11.0. The standard InChI is InChI=1S/C21H15F2N3OS2/c22-16-9-8-15(11-17(16)23)18(27)13-29-21-25-24-20(19-7-4-10-28-19)26(21)12-14-5-2-1-3-6-14/h1-11H,12-13H2. The van der Waals surface area contributed by atoms with E-state index in [0.29, 0.717) is 11.7 Å². The van der Waals surface area contributed by atoms with E-state index in [-0.39, 0.29) is 17.1 Å². The molecule has 8 heteroatoms. The minimum Gasteiger partial charge on any atom is -0.297 e. The van der Waals surface area contributed by atoms with Crippen molar-refractivity contribution in [3.8, 4) is 10.7 Å². The molecule has 29 heavy (non-hydrogen) atoms. The second-order valence-electron chi connectivity index (χ2n) is 6.20. The number of rotatable bonds is 7. The lowest BCUT2D eigenvalue weighted by Gasteiger charge is -2.09. The molecule has 0 N–H and O–H groups in total. The first-order valence-electron chi connectivity index (χ1n) is 8.74. The second-order valence-corrected chi connectivity index (χ2v) is 8.09. The summed E-state index contributed by atoms with van der Waals surface area (Å²) in [6, 6.07) is 17.0. The monoisotopic (exact) mass is 427 g/mol. The fraction of sp³-hybridized carbons (Fsp3) is 0.0952. The van der Waals surface area contributed by atoms with Crippen molar-refractivity contribution in [2.45, 2.75) is 11.7 Å². The van der Waals surface area contributed by atoms with Crippen molar-refractivity contribution in [3.05, 3.63) is 88.8 Å². The van der Waals surface area contributed by atoms with Crippen LogP contribution in [0.2, 0.25) is 0 Å². The maximum absolute atomic E-state index is 13.4. The molecule has 4 nitrogen and oxygen atoms in total. The minimum atomic E-state index is -1.03. The molecule has 4 rings (SSSR count). The molecular weight excluding hydrogens is 412 g/mol. The fourth-order valence-corrected chi connectivity index (χ4v) is 4.32. The minimum absolute atomic E-state index is 0.0441. The Hall–Kier alpha value is -2.84. The lowest BCUT2D eigenvalue weighted by molar-refractivity contribution is 0.102. The van der Waals surface area contributed by atoms with Crippen LogP contribution >= 0.6 is 23.1 Å². The maximum Gasteiger partial charge on any atom is 0.192 e. The van der Waals surface area contributed by atoms with Gasteiger partial charge in [0.15, 0.2) is 28.4 Å². The molecule has 0 bridgehead atoms. The van der Waals surface area contributed by atoms with Crippen molar-refractivity contribution in [2.75, 3.05) is 5.75 Å². The Morgan fingerprint density at radius 2 is 1.83 bits per heavy atom. The molecule has 0 saturated carbocycles. The summed E-state index contributed by atoms with van der Waals surface area (Å²) < 4.78 is 28.5. The van der Waals surface area contributed by atoms with E-state index in [1.54, 1.807) is 11.3 Å². The highest BCUT2D eigenvalue weighted by Gasteiger charge is 2.18. The predicted molar refractivity (Wildman–Crippen MR) is 110 cm³/mol. The Morgan fingerprint density at radius 3 is 2.55 bits per heavy atom. The molecule has 4 aromatic rings. The van der Waals surface area contributed by atoms with E-state index in [9.17, 15) is 13.6 Å². The van der Waals surface area contributed by atoms with Crippen LogP contribution in [-0.2, 0) is 6.54 Å². The van der Waals surface area contributed by atoms with E-state index in [2.05, 4.69) is 10.2 Å². The summed E-state index contributed by atoms with van der Waals surface area (Å²) in [5.41, 5.74) is 1.21. The SMILES string of the molecule is O=C(CSc1nnc(-c2cccs2)n1Cc1ccccc1)c1ccc(F)c(F)c1. The van der Waals surface area contributed by atoms with Crippen LogP contribution in [0.5, 0.6) is 0 Å². The molecule has 2 heterocycles. The molecule has 0 spiro atoms. The summed E-state index contributed by atoms with van der Waals surface area (Å²) in [7, 11) is 0. The summed E-state index contributed by atoms with van der Waals surface area (Å²) in [4.78, 5) is 13.4. The first-order valence-corrected chi connectivity index (χ1v) is 10.6. The highest BCUT2D eigenvalue weighted by atomic mass is 32.2. The van der Waals surface area contributed by atoms with Crippen molar-refractivity contribution in [1.29, 1.82) is 0 Å². The molecule has 0 aliphatic heterocycles. The van der Waals surface area contributed by atoms with E-state index >= 15 is 0 Å². The van der Waals surface area contributed by atoms with Gasteiger partial charge in [-0.2, -0.15) is 0 Å². The summed E-state index contributed by atoms with van der Waals surface area (Å²) >= 11 is 2.79. The van der Waals surface area contributed by atoms with Gasteiger partial charge in [0.1, 0.15) is 0 Å². The molecule has 146 valence electrons. The number of hydrogen-bond acceptors (Lipinski definition) is 5. The highest BCUT2D eigenvalue weighted by Crippen LogP contribution is 2.28. The molecule has 0 fully saturated rings. The first-order chi connectivity index (χ1) is 14.1. The Kier molecular flexibility index (Phi) is 5.82. The summed E-state index contributed by atoms with van der Waals surface area (Å²) in [5.74, 6) is -1.54. The topological polar surface area (TPSA) is 47.8 Å². The summed E-state index contributed by atoms with van der Waals surface area (Å²) in [6.07, 6.45) is 0. The number of ketones is 1. The van der Waals surface area contributed by atoms with Gasteiger partial charge in [0.05, 0.1) is 17.2 Å². The third-order valence-electron chi connectivity index (χ3n) is 4.22. The quantitative estimate of drug-likeness (QED) is 0.296. The molecule has 0 atom stereocenters. The van der Waals surface area contributed by atoms with E-state index in [1.807, 2.05) is 52.4 Å². The molecule has 0 aliphatic carbocycles. The Labute approximate surface area is 174 Å². The number of aromatic nitrogens is 3. The van der Waals surface area contributed by atoms with E-state index in [4.69, 9.17) is 0 Å². The van der Waals surface area contributed by atoms with Crippen molar-refractivity contribution >= 4 is 28.9 Å². The van der Waals surface area contributed by atoms with Crippen LogP contribution < -0.4 is 0 Å². The number of nitrogens with zero attached hydrogens (tertiary/aromatic N) is 3. The number of benzene rings is 2. The number of carbonyl (C=O) groups excluding carboxylic acids is 1. The lowest BCUT2D eigenvalue weighted by atomic mass is 10.1. The van der Waals surface area contributed by atoms with Crippen molar-refractivity contribution in [3.63, 3.8) is 0 Å². The molecule has 0 amide bonds. The second kappa shape index (κ2) is 8.67. The van der Waals surface area contributed by atoms with Crippen LogP contribution in [0, 0.1) is 11.6 Å². The average molecular weight is 428 g/mol. The van der Waals surface area contributed by atoms with Crippen molar-refractivity contribution < 1.29 is 13.6 Å². The zero-order valence-corrected chi connectivity index (χ0v) is 16.7. The number of carbonyl (C=O) groups is 1. The Bertz CT molecular complexity index is 1130. The van der Waals surface area contributed by atoms with Gasteiger partial charge in [0, 0.05) is 5.56 Å². The van der Waals surface area contributed by atoms with E-state index in [1.165, 1.54) is 17.8 Å².